The molecule has 2 N–H and O–H groups in total. The summed E-state index contributed by atoms with van der Waals surface area (Å²) in [6.45, 7) is 7.25. The average molecular weight is 300 g/mol. The number of ether oxygens (including phenoxy) is 2. The third-order valence-corrected chi connectivity index (χ3v) is 3.09. The van der Waals surface area contributed by atoms with Gasteiger partial charge in [-0.1, -0.05) is 0 Å². The molecular formula is C16H20N4O2. The normalized spacial score (nSPS) is 13.1. The molecule has 0 spiro atoms. The number of nitrogens with one attached hydrogen (secondary N) is 2. The van der Waals surface area contributed by atoms with Gasteiger partial charge in [-0.25, -0.2) is 4.98 Å². The highest BCUT2D eigenvalue weighted by Gasteiger charge is 2.12. The molecule has 3 rings (SSSR count). The fourth-order valence-corrected chi connectivity index (χ4v) is 2.24. The van der Waals surface area contributed by atoms with Crippen LogP contribution in [0.1, 0.15) is 19.5 Å². The van der Waals surface area contributed by atoms with Crippen LogP contribution in [0.2, 0.25) is 0 Å². The maximum atomic E-state index is 5.58. The van der Waals surface area contributed by atoms with Gasteiger partial charge in [0.25, 0.3) is 0 Å². The highest BCUT2D eigenvalue weighted by Crippen LogP contribution is 2.33. The van der Waals surface area contributed by atoms with Gasteiger partial charge in [-0.15, -0.1) is 0 Å². The largest absolute Gasteiger partial charge is 0.486 e. The van der Waals surface area contributed by atoms with E-state index in [4.69, 9.17) is 9.47 Å². The van der Waals surface area contributed by atoms with Crippen molar-refractivity contribution in [3.8, 4) is 11.5 Å². The highest BCUT2D eigenvalue weighted by atomic mass is 16.6. The fourth-order valence-electron chi connectivity index (χ4n) is 2.24. The molecule has 6 nitrogen and oxygen atoms in total. The van der Waals surface area contributed by atoms with Crippen molar-refractivity contribution < 1.29 is 9.47 Å². The number of aryl methyl sites for hydroxylation is 1. The second-order valence-electron chi connectivity index (χ2n) is 5.50. The van der Waals surface area contributed by atoms with Crippen LogP contribution in [0.3, 0.4) is 0 Å². The molecule has 1 aliphatic heterocycles. The molecule has 0 atom stereocenters. The first-order valence-corrected chi connectivity index (χ1v) is 7.39. The molecule has 2 heterocycles. The zero-order chi connectivity index (χ0) is 15.5. The molecule has 116 valence electrons. The van der Waals surface area contributed by atoms with E-state index in [1.165, 1.54) is 0 Å². The predicted molar refractivity (Wildman–Crippen MR) is 86.2 cm³/mol. The van der Waals surface area contributed by atoms with Crippen molar-refractivity contribution in [2.75, 3.05) is 23.8 Å². The van der Waals surface area contributed by atoms with Crippen LogP contribution >= 0.6 is 0 Å². The van der Waals surface area contributed by atoms with Crippen LogP contribution in [-0.2, 0) is 0 Å². The molecule has 6 heteroatoms. The SMILES string of the molecule is Cc1cc(NC(C)C)nc(Nc2ccc3c(c2)OCCO3)n1. The maximum absolute atomic E-state index is 5.58. The standard InChI is InChI=1S/C16H20N4O2/c1-10(2)17-15-8-11(3)18-16(20-15)19-12-4-5-13-14(9-12)22-7-6-21-13/h4-5,8-10H,6-7H2,1-3H3,(H2,17,18,19,20). The molecule has 1 aromatic carbocycles. The molecule has 0 amide bonds. The van der Waals surface area contributed by atoms with Crippen LogP contribution in [0.4, 0.5) is 17.5 Å². The van der Waals surface area contributed by atoms with Gasteiger partial charge >= 0.3 is 0 Å². The van der Waals surface area contributed by atoms with Crippen molar-refractivity contribution in [3.63, 3.8) is 0 Å². The minimum absolute atomic E-state index is 0.316. The summed E-state index contributed by atoms with van der Waals surface area (Å²) >= 11 is 0. The van der Waals surface area contributed by atoms with E-state index >= 15 is 0 Å². The van der Waals surface area contributed by atoms with Crippen LogP contribution in [0, 0.1) is 6.92 Å². The number of hydrogen-bond donors (Lipinski definition) is 2. The second kappa shape index (κ2) is 6.09. The first-order valence-electron chi connectivity index (χ1n) is 7.39. The van der Waals surface area contributed by atoms with Gasteiger partial charge in [-0.05, 0) is 32.9 Å². The monoisotopic (exact) mass is 300 g/mol. The number of fused-ring (bicyclic) bond motifs is 1. The Morgan fingerprint density at radius 2 is 1.82 bits per heavy atom. The highest BCUT2D eigenvalue weighted by molar-refractivity contribution is 5.61. The van der Waals surface area contributed by atoms with E-state index in [-0.39, 0.29) is 0 Å². The molecule has 0 radical (unpaired) electrons. The Bertz CT molecular complexity index is 673. The van der Waals surface area contributed by atoms with Crippen molar-refractivity contribution in [1.29, 1.82) is 0 Å². The minimum atomic E-state index is 0.316. The smallest absolute Gasteiger partial charge is 0.229 e. The maximum Gasteiger partial charge on any atom is 0.229 e. The van der Waals surface area contributed by atoms with Gasteiger partial charge in [-0.3, -0.25) is 0 Å². The van der Waals surface area contributed by atoms with Crippen LogP contribution < -0.4 is 20.1 Å². The number of rotatable bonds is 4. The molecule has 2 aromatic rings. The molecule has 0 saturated heterocycles. The molecule has 1 aromatic heterocycles. The lowest BCUT2D eigenvalue weighted by Crippen LogP contribution is -2.15. The number of hydrogen-bond acceptors (Lipinski definition) is 6. The number of benzene rings is 1. The summed E-state index contributed by atoms with van der Waals surface area (Å²) in [5.41, 5.74) is 1.77. The summed E-state index contributed by atoms with van der Waals surface area (Å²) in [6, 6.07) is 7.95. The number of nitrogens with zero attached hydrogens (tertiary/aromatic N) is 2. The Morgan fingerprint density at radius 3 is 2.59 bits per heavy atom. The van der Waals surface area contributed by atoms with E-state index in [1.807, 2.05) is 31.2 Å². The van der Waals surface area contributed by atoms with Crippen molar-refractivity contribution in [3.05, 3.63) is 30.0 Å². The van der Waals surface area contributed by atoms with Gasteiger partial charge in [0.1, 0.15) is 19.0 Å². The van der Waals surface area contributed by atoms with Gasteiger partial charge in [0.2, 0.25) is 5.95 Å². The summed E-state index contributed by atoms with van der Waals surface area (Å²) in [5, 5.41) is 6.50. The fraction of sp³-hybridized carbons (Fsp3) is 0.375. The molecule has 0 unspecified atom stereocenters. The first-order chi connectivity index (χ1) is 10.6. The van der Waals surface area contributed by atoms with Crippen LogP contribution in [0.5, 0.6) is 11.5 Å². The Hall–Kier alpha value is -2.50. The lowest BCUT2D eigenvalue weighted by molar-refractivity contribution is 0.171. The zero-order valence-electron chi connectivity index (χ0n) is 13.0. The molecule has 0 fully saturated rings. The molecule has 0 saturated carbocycles. The summed E-state index contributed by atoms with van der Waals surface area (Å²) in [4.78, 5) is 8.89. The van der Waals surface area contributed by atoms with Crippen molar-refractivity contribution in [2.24, 2.45) is 0 Å². The third-order valence-electron chi connectivity index (χ3n) is 3.09. The van der Waals surface area contributed by atoms with Gasteiger partial charge in [0.15, 0.2) is 11.5 Å². The number of anilines is 3. The summed E-state index contributed by atoms with van der Waals surface area (Å²) in [5.74, 6) is 2.87. The predicted octanol–water partition coefficient (Wildman–Crippen LogP) is 3.12. The van der Waals surface area contributed by atoms with Crippen molar-refractivity contribution >= 4 is 17.5 Å². The Morgan fingerprint density at radius 1 is 1.05 bits per heavy atom. The lowest BCUT2D eigenvalue weighted by atomic mass is 10.2. The van der Waals surface area contributed by atoms with E-state index in [1.54, 1.807) is 0 Å². The third kappa shape index (κ3) is 3.39. The minimum Gasteiger partial charge on any atom is -0.486 e. The summed E-state index contributed by atoms with van der Waals surface area (Å²) in [6.07, 6.45) is 0. The quantitative estimate of drug-likeness (QED) is 0.904. The Balaban J connectivity index is 1.82. The van der Waals surface area contributed by atoms with Crippen LogP contribution in [0.25, 0.3) is 0 Å². The molecule has 22 heavy (non-hydrogen) atoms. The van der Waals surface area contributed by atoms with E-state index in [2.05, 4.69) is 34.4 Å². The van der Waals surface area contributed by atoms with Gasteiger partial charge < -0.3 is 20.1 Å². The second-order valence-corrected chi connectivity index (χ2v) is 5.50. The van der Waals surface area contributed by atoms with E-state index < -0.39 is 0 Å². The molecule has 1 aliphatic rings. The van der Waals surface area contributed by atoms with E-state index in [9.17, 15) is 0 Å². The summed E-state index contributed by atoms with van der Waals surface area (Å²) in [7, 11) is 0. The van der Waals surface area contributed by atoms with E-state index in [0.29, 0.717) is 25.2 Å². The molecule has 0 aliphatic carbocycles. The molecular weight excluding hydrogens is 280 g/mol. The van der Waals surface area contributed by atoms with Crippen molar-refractivity contribution in [2.45, 2.75) is 26.8 Å². The lowest BCUT2D eigenvalue weighted by Gasteiger charge is -2.19. The van der Waals surface area contributed by atoms with Gasteiger partial charge in [-0.2, -0.15) is 4.98 Å². The van der Waals surface area contributed by atoms with Gasteiger partial charge in [0.05, 0.1) is 0 Å². The molecule has 0 bridgehead atoms. The van der Waals surface area contributed by atoms with Crippen LogP contribution in [0.15, 0.2) is 24.3 Å². The van der Waals surface area contributed by atoms with Gasteiger partial charge in [0, 0.05) is 29.6 Å². The van der Waals surface area contributed by atoms with Crippen LogP contribution in [-0.4, -0.2) is 29.2 Å². The van der Waals surface area contributed by atoms with Crippen molar-refractivity contribution in [1.82, 2.24) is 9.97 Å². The Kier molecular flexibility index (Phi) is 4.00. The summed E-state index contributed by atoms with van der Waals surface area (Å²) < 4.78 is 11.1. The number of aromatic nitrogens is 2. The van der Waals surface area contributed by atoms with E-state index in [0.717, 1.165) is 28.7 Å². The topological polar surface area (TPSA) is 68.3 Å². The average Bonchev–Trinajstić information content (AvgIpc) is 2.45. The first kappa shape index (κ1) is 14.4. The Labute approximate surface area is 129 Å². The zero-order valence-corrected chi connectivity index (χ0v) is 13.0.